The summed E-state index contributed by atoms with van der Waals surface area (Å²) in [4.78, 5) is 36.5. The maximum Gasteiger partial charge on any atom is 0.319 e. The van der Waals surface area contributed by atoms with E-state index in [4.69, 9.17) is 0 Å². The Bertz CT molecular complexity index is 953. The van der Waals surface area contributed by atoms with Gasteiger partial charge in [0.2, 0.25) is 0 Å². The van der Waals surface area contributed by atoms with Gasteiger partial charge >= 0.3 is 6.03 Å². The third-order valence-electron chi connectivity index (χ3n) is 6.12. The predicted octanol–water partition coefficient (Wildman–Crippen LogP) is 1.93. The second-order valence-corrected chi connectivity index (χ2v) is 8.21. The molecule has 2 aliphatic rings. The fourth-order valence-corrected chi connectivity index (χ4v) is 4.80. The van der Waals surface area contributed by atoms with Crippen molar-refractivity contribution in [3.8, 4) is 0 Å². The normalized spacial score (nSPS) is 24.3. The first-order chi connectivity index (χ1) is 15.0. The number of non-ortho nitro benzene ring substituents is 1. The molecule has 0 aliphatic carbocycles. The zero-order chi connectivity index (χ0) is 21.8. The Morgan fingerprint density at radius 2 is 1.65 bits per heavy atom. The number of para-hydroxylation sites is 1. The van der Waals surface area contributed by atoms with Crippen LogP contribution in [0.5, 0.6) is 0 Å². The summed E-state index contributed by atoms with van der Waals surface area (Å²) in [6, 6.07) is 15.8. The summed E-state index contributed by atoms with van der Waals surface area (Å²) in [5, 5.41) is 19.6. The van der Waals surface area contributed by atoms with Crippen LogP contribution >= 0.6 is 0 Å². The molecule has 0 saturated carbocycles. The Morgan fingerprint density at radius 3 is 2.32 bits per heavy atom. The summed E-state index contributed by atoms with van der Waals surface area (Å²) >= 11 is 0. The first-order valence-corrected chi connectivity index (χ1v) is 10.5. The van der Waals surface area contributed by atoms with Crippen LogP contribution in [0.2, 0.25) is 0 Å². The molecule has 9 nitrogen and oxygen atoms in total. The van der Waals surface area contributed by atoms with Crippen LogP contribution < -0.4 is 20.9 Å². The Balaban J connectivity index is 1.29. The van der Waals surface area contributed by atoms with Gasteiger partial charge in [-0.05, 0) is 18.2 Å². The number of nitrogens with zero attached hydrogens (tertiary/aromatic N) is 1. The molecule has 4 atom stereocenters. The maximum atomic E-state index is 12.6. The standard InChI is InChI=1S/C22H25N5O4/c28-21(23-16-7-4-8-20(11-16)27(30)31)14-26-18-9-10-19(26)13-17(12-18)25-22(29)24-15-5-2-1-3-6-15/h1-8,11,17-19H,9-10,12-14H2,(H,23,28)(H2,24,25,29)/p+1/t17?,18-,19+. The van der Waals surface area contributed by atoms with Crippen molar-refractivity contribution in [3.05, 3.63) is 64.7 Å². The van der Waals surface area contributed by atoms with Gasteiger partial charge in [0, 0.05) is 55.2 Å². The lowest BCUT2D eigenvalue weighted by Crippen LogP contribution is -3.19. The highest BCUT2D eigenvalue weighted by Crippen LogP contribution is 2.23. The molecule has 162 valence electrons. The molecule has 2 aromatic carbocycles. The van der Waals surface area contributed by atoms with Crippen LogP contribution in [0, 0.1) is 10.1 Å². The first kappa shape index (κ1) is 20.8. The third kappa shape index (κ3) is 5.18. The van der Waals surface area contributed by atoms with Gasteiger partial charge < -0.3 is 20.9 Å². The van der Waals surface area contributed by atoms with Crippen molar-refractivity contribution in [3.63, 3.8) is 0 Å². The number of nitrogens with one attached hydrogen (secondary N) is 4. The number of piperidine rings is 1. The molecule has 2 saturated heterocycles. The lowest BCUT2D eigenvalue weighted by atomic mass is 9.97. The highest BCUT2D eigenvalue weighted by molar-refractivity contribution is 5.91. The van der Waals surface area contributed by atoms with Gasteiger partial charge in [-0.3, -0.25) is 14.9 Å². The van der Waals surface area contributed by atoms with Gasteiger partial charge in [-0.25, -0.2) is 4.79 Å². The number of carbonyl (C=O) groups is 2. The quantitative estimate of drug-likeness (QED) is 0.419. The van der Waals surface area contributed by atoms with Crippen molar-refractivity contribution in [2.75, 3.05) is 17.2 Å². The highest BCUT2D eigenvalue weighted by Gasteiger charge is 2.45. The molecule has 2 heterocycles. The molecule has 2 aromatic rings. The van der Waals surface area contributed by atoms with Crippen molar-refractivity contribution in [1.82, 2.24) is 5.32 Å². The number of fused-ring (bicyclic) bond motifs is 2. The van der Waals surface area contributed by atoms with E-state index in [0.29, 0.717) is 24.3 Å². The molecular weight excluding hydrogens is 398 g/mol. The monoisotopic (exact) mass is 424 g/mol. The van der Waals surface area contributed by atoms with Gasteiger partial charge in [-0.2, -0.15) is 0 Å². The molecule has 0 radical (unpaired) electrons. The van der Waals surface area contributed by atoms with Crippen LogP contribution in [0.25, 0.3) is 0 Å². The number of quaternary nitrogens is 1. The molecule has 4 N–H and O–H groups in total. The van der Waals surface area contributed by atoms with E-state index < -0.39 is 4.92 Å². The summed E-state index contributed by atoms with van der Waals surface area (Å²) < 4.78 is 0. The van der Waals surface area contributed by atoms with Crippen molar-refractivity contribution in [1.29, 1.82) is 0 Å². The van der Waals surface area contributed by atoms with Crippen LogP contribution in [0.3, 0.4) is 0 Å². The molecule has 9 heteroatoms. The zero-order valence-electron chi connectivity index (χ0n) is 17.0. The smallest absolute Gasteiger partial charge is 0.319 e. The van der Waals surface area contributed by atoms with E-state index in [9.17, 15) is 19.7 Å². The Hall–Kier alpha value is -3.46. The maximum absolute atomic E-state index is 12.6. The lowest BCUT2D eigenvalue weighted by molar-refractivity contribution is -0.933. The zero-order valence-corrected chi connectivity index (χ0v) is 17.0. The fourth-order valence-electron chi connectivity index (χ4n) is 4.80. The second kappa shape index (κ2) is 9.13. The number of hydrogen-bond acceptors (Lipinski definition) is 4. The Kier molecular flexibility index (Phi) is 6.13. The molecular formula is C22H26N5O4+. The largest absolute Gasteiger partial charge is 0.335 e. The summed E-state index contributed by atoms with van der Waals surface area (Å²) in [6.45, 7) is 0.320. The van der Waals surface area contributed by atoms with Gasteiger partial charge in [-0.1, -0.05) is 24.3 Å². The molecule has 2 fully saturated rings. The first-order valence-electron chi connectivity index (χ1n) is 10.5. The van der Waals surface area contributed by atoms with Crippen LogP contribution in [-0.4, -0.2) is 41.5 Å². The van der Waals surface area contributed by atoms with Crippen molar-refractivity contribution in [2.45, 2.75) is 43.8 Å². The minimum atomic E-state index is -0.479. The molecule has 0 aromatic heterocycles. The molecule has 4 rings (SSSR count). The SMILES string of the molecule is O=C(C[NH+]1[C@@H]2CC[C@H]1CC(NC(=O)Nc1ccccc1)C2)Nc1cccc([N+](=O)[O-])c1. The Labute approximate surface area is 180 Å². The van der Waals surface area contributed by atoms with E-state index in [-0.39, 0.29) is 23.7 Å². The minimum Gasteiger partial charge on any atom is -0.335 e. The molecule has 2 bridgehead atoms. The molecule has 2 aliphatic heterocycles. The van der Waals surface area contributed by atoms with Gasteiger partial charge in [0.15, 0.2) is 6.54 Å². The van der Waals surface area contributed by atoms with E-state index in [1.807, 2.05) is 30.3 Å². The van der Waals surface area contributed by atoms with E-state index in [0.717, 1.165) is 31.4 Å². The van der Waals surface area contributed by atoms with E-state index in [2.05, 4.69) is 16.0 Å². The molecule has 2 unspecified atom stereocenters. The molecule has 31 heavy (non-hydrogen) atoms. The number of rotatable bonds is 6. The van der Waals surface area contributed by atoms with Gasteiger partial charge in [-0.15, -0.1) is 0 Å². The van der Waals surface area contributed by atoms with Crippen LogP contribution in [0.1, 0.15) is 25.7 Å². The van der Waals surface area contributed by atoms with Gasteiger partial charge in [0.1, 0.15) is 0 Å². The van der Waals surface area contributed by atoms with Crippen molar-refractivity contribution in [2.24, 2.45) is 0 Å². The Morgan fingerprint density at radius 1 is 0.968 bits per heavy atom. The van der Waals surface area contributed by atoms with Crippen LogP contribution in [-0.2, 0) is 4.79 Å². The van der Waals surface area contributed by atoms with Crippen molar-refractivity contribution >= 4 is 29.0 Å². The molecule has 3 amide bonds. The number of nitro benzene ring substituents is 1. The lowest BCUT2D eigenvalue weighted by Gasteiger charge is -2.35. The van der Waals surface area contributed by atoms with Crippen LogP contribution in [0.15, 0.2) is 54.6 Å². The summed E-state index contributed by atoms with van der Waals surface area (Å²) in [5.74, 6) is -0.152. The molecule has 0 spiro atoms. The van der Waals surface area contributed by atoms with E-state index in [1.165, 1.54) is 17.0 Å². The fraction of sp³-hybridized carbons (Fsp3) is 0.364. The minimum absolute atomic E-state index is 0.0501. The highest BCUT2D eigenvalue weighted by atomic mass is 16.6. The van der Waals surface area contributed by atoms with Gasteiger partial charge in [0.25, 0.3) is 11.6 Å². The topological polar surface area (TPSA) is 118 Å². The number of benzene rings is 2. The summed E-state index contributed by atoms with van der Waals surface area (Å²) in [6.07, 6.45) is 3.72. The average Bonchev–Trinajstić information content (AvgIpc) is 2.96. The number of nitro groups is 1. The third-order valence-corrected chi connectivity index (χ3v) is 6.12. The average molecular weight is 424 g/mol. The number of urea groups is 1. The van der Waals surface area contributed by atoms with Crippen LogP contribution in [0.4, 0.5) is 21.9 Å². The number of carbonyl (C=O) groups excluding carboxylic acids is 2. The van der Waals surface area contributed by atoms with Crippen molar-refractivity contribution < 1.29 is 19.4 Å². The number of amides is 3. The second-order valence-electron chi connectivity index (χ2n) is 8.21. The van der Waals surface area contributed by atoms with E-state index >= 15 is 0 Å². The van der Waals surface area contributed by atoms with E-state index in [1.54, 1.807) is 12.1 Å². The van der Waals surface area contributed by atoms with Gasteiger partial charge in [0.05, 0.1) is 17.0 Å². The summed E-state index contributed by atoms with van der Waals surface area (Å²) in [5.41, 5.74) is 1.13. The number of hydrogen-bond donors (Lipinski definition) is 4. The predicted molar refractivity (Wildman–Crippen MR) is 116 cm³/mol. The number of anilines is 2. The summed E-state index contributed by atoms with van der Waals surface area (Å²) in [7, 11) is 0.